The third-order valence-corrected chi connectivity index (χ3v) is 5.78. The van der Waals surface area contributed by atoms with Crippen LogP contribution in [0.3, 0.4) is 0 Å². The Morgan fingerprint density at radius 2 is 1.85 bits per heavy atom. The number of ether oxygens (including phenoxy) is 1. The zero-order valence-corrected chi connectivity index (χ0v) is 13.6. The molecule has 0 unspecified atom stereocenters. The van der Waals surface area contributed by atoms with Gasteiger partial charge in [-0.05, 0) is 0 Å². The van der Waals surface area contributed by atoms with Crippen molar-refractivity contribution in [1.82, 2.24) is 4.98 Å². The first-order valence-electron chi connectivity index (χ1n) is 6.61. The normalized spacial score (nSPS) is 11.2. The molecule has 3 rings (SSSR count). The maximum absolute atomic E-state index is 5.44. The van der Waals surface area contributed by atoms with Gasteiger partial charge in [-0.15, -0.1) is 0 Å². The molecule has 2 aromatic carbocycles. The van der Waals surface area contributed by atoms with E-state index in [9.17, 15) is 0 Å². The predicted octanol–water partition coefficient (Wildman–Crippen LogP) is 3.86. The van der Waals surface area contributed by atoms with Crippen molar-refractivity contribution in [2.24, 2.45) is 0 Å². The number of fused-ring (bicyclic) bond motifs is 1. The molecule has 0 aliphatic rings. The fraction of sp³-hybridized carbons (Fsp3) is 0.118. The summed E-state index contributed by atoms with van der Waals surface area (Å²) in [6.07, 6.45) is 4.28. The molecule has 0 aliphatic carbocycles. The number of benzene rings is 2. The second-order valence-corrected chi connectivity index (χ2v) is 7.39. The van der Waals surface area contributed by atoms with E-state index in [0.717, 1.165) is 11.3 Å². The first-order valence-corrected chi connectivity index (χ1v) is 8.95. The van der Waals surface area contributed by atoms with Gasteiger partial charge in [0.05, 0.1) is 0 Å². The zero-order valence-electron chi connectivity index (χ0n) is 11.2. The number of hydrogen-bond donors (Lipinski definition) is 0. The van der Waals surface area contributed by atoms with Crippen molar-refractivity contribution in [3.8, 4) is 5.75 Å². The first kappa shape index (κ1) is 13.4. The molecule has 1 aromatic heterocycles. The van der Waals surface area contributed by atoms with Crippen molar-refractivity contribution in [2.75, 3.05) is 6.61 Å². The molecule has 0 atom stereocenters. The van der Waals surface area contributed by atoms with Crippen LogP contribution in [0.5, 0.6) is 5.75 Å². The molecule has 0 spiro atoms. The van der Waals surface area contributed by atoms with Crippen LogP contribution in [0.4, 0.5) is 0 Å². The van der Waals surface area contributed by atoms with Gasteiger partial charge in [-0.1, -0.05) is 0 Å². The van der Waals surface area contributed by atoms with E-state index in [1.54, 1.807) is 0 Å². The fourth-order valence-electron chi connectivity index (χ4n) is 1.97. The van der Waals surface area contributed by atoms with E-state index in [1.807, 2.05) is 19.1 Å². The van der Waals surface area contributed by atoms with Gasteiger partial charge in [-0.2, -0.15) is 0 Å². The van der Waals surface area contributed by atoms with Crippen LogP contribution in [0.1, 0.15) is 16.2 Å². The van der Waals surface area contributed by atoms with Crippen LogP contribution in [0.2, 0.25) is 0 Å². The molecule has 0 aliphatic heterocycles. The molecule has 100 valence electrons. The van der Waals surface area contributed by atoms with Gasteiger partial charge in [-0.25, -0.2) is 0 Å². The van der Waals surface area contributed by atoms with Crippen molar-refractivity contribution in [3.63, 3.8) is 0 Å². The molecule has 1 heterocycles. The van der Waals surface area contributed by atoms with Crippen LogP contribution in [-0.4, -0.2) is 32.0 Å². The maximum atomic E-state index is 5.44. The summed E-state index contributed by atoms with van der Waals surface area (Å²) in [6.45, 7) is 2.70. The molecular weight excluding hydrogens is 362 g/mol. The van der Waals surface area contributed by atoms with Gasteiger partial charge in [0.1, 0.15) is 0 Å². The summed E-state index contributed by atoms with van der Waals surface area (Å²) in [5.74, 6) is 0.920. The van der Waals surface area contributed by atoms with Crippen molar-refractivity contribution >= 4 is 41.5 Å². The third-order valence-electron chi connectivity index (χ3n) is 2.92. The van der Waals surface area contributed by atoms with E-state index in [2.05, 4.69) is 53.5 Å². The average molecular weight is 377 g/mol. The Hall–Kier alpha value is -1.56. The molecule has 0 saturated carbocycles. The van der Waals surface area contributed by atoms with Crippen LogP contribution in [-0.2, 0) is 0 Å². The molecule has 0 fully saturated rings. The minimum atomic E-state index is -0.304. The zero-order chi connectivity index (χ0) is 13.8. The summed E-state index contributed by atoms with van der Waals surface area (Å²) < 4.78 is 8.12. The Morgan fingerprint density at radius 3 is 2.60 bits per heavy atom. The van der Waals surface area contributed by atoms with E-state index in [-0.39, 0.29) is 20.4 Å². The van der Waals surface area contributed by atoms with Crippen molar-refractivity contribution in [3.05, 3.63) is 57.8 Å². The third kappa shape index (κ3) is 3.12. The van der Waals surface area contributed by atoms with E-state index in [0.29, 0.717) is 6.61 Å². The minimum absolute atomic E-state index is 0.304. The molecule has 3 aromatic rings. The molecular formula is C17H15NOTe. The van der Waals surface area contributed by atoms with E-state index >= 15 is 0 Å². The number of rotatable bonds is 4. The van der Waals surface area contributed by atoms with Gasteiger partial charge in [0.25, 0.3) is 0 Å². The first-order chi connectivity index (χ1) is 9.85. The molecule has 0 N–H and O–H groups in total. The van der Waals surface area contributed by atoms with Gasteiger partial charge in [0.15, 0.2) is 0 Å². The molecule has 0 bridgehead atoms. The Bertz CT molecular complexity index is 695. The van der Waals surface area contributed by atoms with Gasteiger partial charge in [-0.3, -0.25) is 0 Å². The van der Waals surface area contributed by atoms with Crippen molar-refractivity contribution in [2.45, 2.75) is 6.92 Å². The van der Waals surface area contributed by atoms with E-state index in [4.69, 9.17) is 4.74 Å². The van der Waals surface area contributed by atoms with Gasteiger partial charge in [0.2, 0.25) is 0 Å². The Balaban J connectivity index is 1.79. The van der Waals surface area contributed by atoms with Crippen molar-refractivity contribution < 1.29 is 4.74 Å². The number of nitrogens with zero attached hydrogens (tertiary/aromatic N) is 1. The van der Waals surface area contributed by atoms with Crippen LogP contribution in [0, 0.1) is 0 Å². The van der Waals surface area contributed by atoms with Gasteiger partial charge in [0, 0.05) is 0 Å². The summed E-state index contributed by atoms with van der Waals surface area (Å²) >= 11 is -0.304. The average Bonchev–Trinajstić information content (AvgIpc) is 2.90. The van der Waals surface area contributed by atoms with Crippen LogP contribution < -0.4 is 4.74 Å². The van der Waals surface area contributed by atoms with E-state index < -0.39 is 0 Å². The molecule has 20 heavy (non-hydrogen) atoms. The van der Waals surface area contributed by atoms with Gasteiger partial charge >= 0.3 is 128 Å². The van der Waals surface area contributed by atoms with Crippen molar-refractivity contribution in [1.29, 1.82) is 0 Å². The summed E-state index contributed by atoms with van der Waals surface area (Å²) in [5, 5.41) is 0. The number of hydrogen-bond acceptors (Lipinski definition) is 2. The Labute approximate surface area is 128 Å². The van der Waals surface area contributed by atoms with E-state index in [1.165, 1.54) is 12.7 Å². The SMILES string of the molecule is CCOc1ccc(/C=C/c2nc3ccccc3[te]2)cc1. The summed E-state index contributed by atoms with van der Waals surface area (Å²) in [5.41, 5.74) is 2.33. The molecule has 2 nitrogen and oxygen atoms in total. The van der Waals surface area contributed by atoms with Crippen LogP contribution >= 0.6 is 0 Å². The Kier molecular flexibility index (Phi) is 4.20. The molecule has 0 radical (unpaired) electrons. The topological polar surface area (TPSA) is 22.1 Å². The second-order valence-electron chi connectivity index (χ2n) is 4.36. The molecule has 0 amide bonds. The quantitative estimate of drug-likeness (QED) is 0.645. The number of para-hydroxylation sites is 1. The predicted molar refractivity (Wildman–Crippen MR) is 85.2 cm³/mol. The second kappa shape index (κ2) is 6.26. The summed E-state index contributed by atoms with van der Waals surface area (Å²) in [4.78, 5) is 4.68. The Morgan fingerprint density at radius 1 is 1.05 bits per heavy atom. The molecule has 3 heteroatoms. The van der Waals surface area contributed by atoms with Gasteiger partial charge < -0.3 is 0 Å². The summed E-state index contributed by atoms with van der Waals surface area (Å²) in [7, 11) is 0. The summed E-state index contributed by atoms with van der Waals surface area (Å²) in [6, 6.07) is 16.6. The monoisotopic (exact) mass is 379 g/mol. The standard InChI is InChI=1S/C17H15NOTe/c1-2-19-14-10-7-13(8-11-14)9-12-17-18-15-5-3-4-6-16(15)20-17/h3-12H,2H2,1H3/b12-9+. The fourth-order valence-corrected chi connectivity index (χ4v) is 4.45. The number of aromatic nitrogens is 1. The van der Waals surface area contributed by atoms with Crippen LogP contribution in [0.15, 0.2) is 48.5 Å². The van der Waals surface area contributed by atoms with Crippen LogP contribution in [0.25, 0.3) is 21.1 Å². The molecule has 0 saturated heterocycles.